The van der Waals surface area contributed by atoms with Crippen LogP contribution in [0, 0.1) is 24.8 Å². The fourth-order valence-electron chi connectivity index (χ4n) is 4.61. The van der Waals surface area contributed by atoms with Gasteiger partial charge in [0.25, 0.3) is 12.1 Å². The van der Waals surface area contributed by atoms with Gasteiger partial charge in [0.1, 0.15) is 24.2 Å². The third-order valence-electron chi connectivity index (χ3n) is 7.85. The van der Waals surface area contributed by atoms with Crippen molar-refractivity contribution in [3.63, 3.8) is 0 Å². The van der Waals surface area contributed by atoms with Gasteiger partial charge in [0, 0.05) is 86.8 Å². The molecule has 1 aliphatic heterocycles. The smallest absolute Gasteiger partial charge is 0.279 e. The van der Waals surface area contributed by atoms with Gasteiger partial charge in [-0.2, -0.15) is 0 Å². The normalized spacial score (nSPS) is 12.7. The zero-order valence-corrected chi connectivity index (χ0v) is 35.1. The van der Waals surface area contributed by atoms with Crippen LogP contribution in [0.5, 0.6) is 0 Å². The van der Waals surface area contributed by atoms with E-state index in [0.717, 1.165) is 57.7 Å². The molecule has 1 saturated heterocycles. The Hall–Kier alpha value is -3.05. The van der Waals surface area contributed by atoms with Crippen molar-refractivity contribution in [3.8, 4) is 22.9 Å². The van der Waals surface area contributed by atoms with Crippen LogP contribution in [0.2, 0.25) is 0 Å². The molecular weight excluding hydrogens is 820 g/mol. The lowest BCUT2D eigenvalue weighted by Gasteiger charge is -2.30. The van der Waals surface area contributed by atoms with Crippen LogP contribution in [0.15, 0.2) is 69.9 Å². The molecule has 3 heterocycles. The van der Waals surface area contributed by atoms with E-state index in [2.05, 4.69) is 41.4 Å². The molecule has 0 atom stereocenters. The molecule has 306 valence electrons. The van der Waals surface area contributed by atoms with Crippen LogP contribution in [-0.2, 0) is 12.1 Å². The quantitative estimate of drug-likeness (QED) is 0.110. The zero-order valence-electron chi connectivity index (χ0n) is 31.3. The van der Waals surface area contributed by atoms with Crippen molar-refractivity contribution >= 4 is 58.8 Å². The van der Waals surface area contributed by atoms with E-state index in [1.54, 1.807) is 30.5 Å². The molecule has 11 nitrogen and oxygen atoms in total. The number of oxazole rings is 2. The lowest BCUT2D eigenvalue weighted by Crippen LogP contribution is -2.39. The monoisotopic (exact) mass is 868 g/mol. The van der Waals surface area contributed by atoms with Gasteiger partial charge in [0.2, 0.25) is 11.8 Å². The Bertz CT molecular complexity index is 1620. The number of hydrogen-bond donors (Lipinski definition) is 1. The van der Waals surface area contributed by atoms with Crippen LogP contribution in [0.3, 0.4) is 0 Å². The third-order valence-corrected chi connectivity index (χ3v) is 8.53. The van der Waals surface area contributed by atoms with Crippen LogP contribution in [0.1, 0.15) is 24.2 Å². The minimum absolute atomic E-state index is 0. The van der Waals surface area contributed by atoms with Gasteiger partial charge in [-0.1, -0.05) is 0 Å². The number of hydrogen-bond acceptors (Lipinski definition) is 8. The van der Waals surface area contributed by atoms with Crippen LogP contribution >= 0.6 is 58.8 Å². The molecule has 1 aliphatic rings. The first-order valence-electron chi connectivity index (χ1n) is 16.5. The van der Waals surface area contributed by atoms with Crippen molar-refractivity contribution in [1.82, 2.24) is 30.8 Å². The number of rotatable bonds is 12. The lowest BCUT2D eigenvalue weighted by atomic mass is 9.86. The topological polar surface area (TPSA) is 137 Å². The maximum atomic E-state index is 13.0. The van der Waals surface area contributed by atoms with Crippen LogP contribution in [-0.4, -0.2) is 114 Å². The predicted molar refractivity (Wildman–Crippen MR) is 223 cm³/mol. The van der Waals surface area contributed by atoms with Crippen LogP contribution in [0.4, 0.5) is 8.78 Å². The number of halogens is 7. The van der Waals surface area contributed by atoms with Crippen molar-refractivity contribution in [2.75, 3.05) is 83.9 Å². The average molecular weight is 871 g/mol. The summed E-state index contributed by atoms with van der Waals surface area (Å²) in [4.78, 5) is 22.0. The molecular formula is C37H51Cl5F2N8O3. The minimum Gasteiger partial charge on any atom is -0.444 e. The largest absolute Gasteiger partial charge is 0.444 e. The Labute approximate surface area is 349 Å². The van der Waals surface area contributed by atoms with E-state index in [1.165, 1.54) is 30.5 Å². The molecule has 0 bridgehead atoms. The highest BCUT2D eigenvalue weighted by atomic mass is 35.5. The highest BCUT2D eigenvalue weighted by Crippen LogP contribution is 2.37. The first kappa shape index (κ1) is 54.1. The van der Waals surface area contributed by atoms with E-state index in [9.17, 15) is 8.78 Å². The van der Waals surface area contributed by atoms with Gasteiger partial charge in [-0.05, 0) is 69.7 Å². The molecule has 0 amide bonds. The summed E-state index contributed by atoms with van der Waals surface area (Å²) >= 11 is 21.8. The molecule has 2 aromatic heterocycles. The van der Waals surface area contributed by atoms with Crippen molar-refractivity contribution in [1.29, 1.82) is 0 Å². The molecule has 1 fully saturated rings. The molecule has 4 aromatic rings. The summed E-state index contributed by atoms with van der Waals surface area (Å²) < 4.78 is 36.3. The van der Waals surface area contributed by atoms with Crippen molar-refractivity contribution in [2.45, 2.75) is 24.9 Å². The van der Waals surface area contributed by atoms with Crippen LogP contribution in [0.25, 0.3) is 32.6 Å². The second kappa shape index (κ2) is 30.1. The highest BCUT2D eigenvalue weighted by Gasteiger charge is 2.44. The van der Waals surface area contributed by atoms with E-state index in [1.807, 2.05) is 14.1 Å². The summed E-state index contributed by atoms with van der Waals surface area (Å²) in [6.07, 6.45) is 4.52. The Morgan fingerprint density at radius 3 is 1.53 bits per heavy atom. The van der Waals surface area contributed by atoms with Gasteiger partial charge >= 0.3 is 0 Å². The van der Waals surface area contributed by atoms with E-state index < -0.39 is 5.54 Å². The molecule has 0 spiro atoms. The van der Waals surface area contributed by atoms with Gasteiger partial charge in [-0.25, -0.2) is 31.9 Å². The fraction of sp³-hybridized carbons (Fsp3) is 0.459. The number of nitrogens with zero attached hydrogens (tertiary/aromatic N) is 7. The van der Waals surface area contributed by atoms with E-state index in [4.69, 9.17) is 68.4 Å². The molecule has 0 unspecified atom stereocenters. The molecule has 0 aliphatic carbocycles. The summed E-state index contributed by atoms with van der Waals surface area (Å²) in [5.74, 6) is 3.01. The second-order valence-electron chi connectivity index (χ2n) is 11.8. The lowest BCUT2D eigenvalue weighted by molar-refractivity contribution is 0.213. The SMILES string of the molecule is CN(CCCl)CCCl.CN(CCCl)CCCl.Cl.N.O.[C-]#[N+]C1(c2coc(-c3ccc(F)cc3)n2)CCN(C)CC1.[C-]#[N+]Cc1coc(-c2ccc(F)cc2)n1. The molecule has 18 heteroatoms. The minimum atomic E-state index is -0.589. The number of alkyl halides is 4. The molecule has 5 rings (SSSR count). The highest BCUT2D eigenvalue weighted by molar-refractivity contribution is 6.18. The Morgan fingerprint density at radius 2 is 1.15 bits per heavy atom. The number of piperidine rings is 1. The van der Waals surface area contributed by atoms with Gasteiger partial charge in [-0.3, -0.25) is 0 Å². The fourth-order valence-corrected chi connectivity index (χ4v) is 5.77. The second-order valence-corrected chi connectivity index (χ2v) is 13.3. The predicted octanol–water partition coefficient (Wildman–Crippen LogP) is 8.77. The number of likely N-dealkylation sites (tertiary alicyclic amines) is 1. The summed E-state index contributed by atoms with van der Waals surface area (Å²) in [5, 5.41) is 0. The summed E-state index contributed by atoms with van der Waals surface area (Å²) in [7, 11) is 6.07. The van der Waals surface area contributed by atoms with Crippen molar-refractivity contribution in [3.05, 3.63) is 107 Å². The number of benzene rings is 2. The number of aromatic nitrogens is 2. The van der Waals surface area contributed by atoms with Crippen LogP contribution < -0.4 is 6.15 Å². The van der Waals surface area contributed by atoms with Crippen molar-refractivity contribution < 1.29 is 23.1 Å². The Morgan fingerprint density at radius 1 is 0.745 bits per heavy atom. The van der Waals surface area contributed by atoms with Gasteiger partial charge in [0.05, 0.1) is 0 Å². The van der Waals surface area contributed by atoms with Gasteiger partial charge in [0.15, 0.2) is 11.4 Å². The first-order valence-corrected chi connectivity index (χ1v) is 18.6. The summed E-state index contributed by atoms with van der Waals surface area (Å²) in [6, 6.07) is 11.9. The summed E-state index contributed by atoms with van der Waals surface area (Å²) in [6.45, 7) is 19.9. The standard InChI is InChI=1S/C16H16FN3O.C11H7FN2O.2C5H11Cl2N.ClH.H3N.H2O/c1-18-16(7-9-20(2)10-8-16)14-11-21-15(19-14)12-3-5-13(17)6-4-12;1-13-6-10-7-15-11(14-10)8-2-4-9(12)5-3-8;2*1-8(4-2-6)5-3-7;;;/h3-6,11H,7-10H2,2H3;2-5,7H,6H2;2*2-5H2,1H3;1H;1H3;1H2. The van der Waals surface area contributed by atoms with Crippen molar-refractivity contribution in [2.24, 2.45) is 0 Å². The molecule has 2 aromatic carbocycles. The summed E-state index contributed by atoms with van der Waals surface area (Å²) in [5.41, 5.74) is 2.10. The molecule has 0 saturated carbocycles. The van der Waals surface area contributed by atoms with E-state index >= 15 is 0 Å². The maximum absolute atomic E-state index is 13.0. The molecule has 55 heavy (non-hydrogen) atoms. The average Bonchev–Trinajstić information content (AvgIpc) is 3.82. The van der Waals surface area contributed by atoms with E-state index in [0.29, 0.717) is 52.3 Å². The van der Waals surface area contributed by atoms with E-state index in [-0.39, 0.29) is 42.2 Å². The first-order chi connectivity index (χ1) is 25.0. The molecule has 0 radical (unpaired) electrons. The molecule has 5 N–H and O–H groups in total. The Balaban J connectivity index is 0. The van der Waals surface area contributed by atoms with Gasteiger partial charge in [-0.15, -0.1) is 58.8 Å². The third kappa shape index (κ3) is 19.6. The Kier molecular flexibility index (Phi) is 29.6. The maximum Gasteiger partial charge on any atom is 0.279 e. The van der Waals surface area contributed by atoms with Gasteiger partial charge < -0.3 is 44.9 Å². The zero-order chi connectivity index (χ0) is 38.4.